The van der Waals surface area contributed by atoms with Crippen LogP contribution >= 0.6 is 0 Å². The maximum Gasteiger partial charge on any atom is 0.341 e. The number of ether oxygens (including phenoxy) is 1. The van der Waals surface area contributed by atoms with E-state index < -0.39 is 53.9 Å². The van der Waals surface area contributed by atoms with Crippen LogP contribution in [0.2, 0.25) is 0 Å². The van der Waals surface area contributed by atoms with Gasteiger partial charge in [-0.2, -0.15) is 0 Å². The lowest BCUT2D eigenvalue weighted by Crippen LogP contribution is -2.55. The van der Waals surface area contributed by atoms with Gasteiger partial charge < -0.3 is 19.3 Å². The minimum Gasteiger partial charge on any atom is -0.477 e. The number of carbonyl (C=O) groups excluding carboxylic acids is 2. The lowest BCUT2D eigenvalue weighted by Gasteiger charge is -2.36. The fourth-order valence-electron chi connectivity index (χ4n) is 3.84. The molecule has 0 saturated heterocycles. The zero-order chi connectivity index (χ0) is 24.3. The maximum absolute atomic E-state index is 13.5. The summed E-state index contributed by atoms with van der Waals surface area (Å²) in [5, 5.41) is 9.11. The predicted octanol–water partition coefficient (Wildman–Crippen LogP) is 1.07. The SMILES string of the molecule is CC(C)(C)OC(=O)C(C)(C)S(=O)(=O)C1(CN2CCn3c(ccc(C(=O)O)c3=O)C2=O)CC1. The second-order valence-corrected chi connectivity index (χ2v) is 12.7. The topological polar surface area (TPSA) is 140 Å². The molecule has 10 nitrogen and oxygen atoms in total. The number of carboxylic acid groups (broad SMARTS) is 1. The smallest absolute Gasteiger partial charge is 0.341 e. The fourth-order valence-corrected chi connectivity index (χ4v) is 6.14. The highest BCUT2D eigenvalue weighted by Gasteiger charge is 2.63. The van der Waals surface area contributed by atoms with Gasteiger partial charge in [0.25, 0.3) is 11.5 Å². The Morgan fingerprint density at radius 1 is 1.09 bits per heavy atom. The highest BCUT2D eigenvalue weighted by Crippen LogP contribution is 2.49. The van der Waals surface area contributed by atoms with Crippen molar-refractivity contribution in [1.29, 1.82) is 0 Å². The molecule has 1 aliphatic carbocycles. The third kappa shape index (κ3) is 3.82. The summed E-state index contributed by atoms with van der Waals surface area (Å²) in [7, 11) is -4.04. The van der Waals surface area contributed by atoms with Crippen LogP contribution in [-0.4, -0.2) is 69.0 Å². The van der Waals surface area contributed by atoms with Crippen molar-refractivity contribution in [3.63, 3.8) is 0 Å². The van der Waals surface area contributed by atoms with Crippen LogP contribution in [0.15, 0.2) is 16.9 Å². The Bertz CT molecular complexity index is 1150. The lowest BCUT2D eigenvalue weighted by molar-refractivity contribution is -0.157. The molecule has 0 radical (unpaired) electrons. The van der Waals surface area contributed by atoms with Crippen LogP contribution in [0, 0.1) is 0 Å². The number of aromatic carboxylic acids is 1. The first-order valence-electron chi connectivity index (χ1n) is 10.3. The number of fused-ring (bicyclic) bond motifs is 1. The van der Waals surface area contributed by atoms with Crippen molar-refractivity contribution in [2.75, 3.05) is 13.1 Å². The van der Waals surface area contributed by atoms with Crippen LogP contribution in [-0.2, 0) is 25.9 Å². The summed E-state index contributed by atoms with van der Waals surface area (Å²) in [6.45, 7) is 7.58. The predicted molar refractivity (Wildman–Crippen MR) is 114 cm³/mol. The number of carboxylic acids is 1. The van der Waals surface area contributed by atoms with Crippen molar-refractivity contribution in [1.82, 2.24) is 9.47 Å². The standard InChI is InChI=1S/C21H28N2O8S/c1-19(2,3)31-18(28)20(4,5)32(29,30)21(8-9-21)12-22-10-11-23-14(16(22)25)7-6-13(15(23)24)17(26)27/h6-7H,8-12H2,1-5H3,(H,26,27). The van der Waals surface area contributed by atoms with Crippen LogP contribution in [0.5, 0.6) is 0 Å². The van der Waals surface area contributed by atoms with Crippen molar-refractivity contribution in [2.45, 2.75) is 69.1 Å². The van der Waals surface area contributed by atoms with Gasteiger partial charge in [-0.25, -0.2) is 13.2 Å². The molecule has 0 unspecified atom stereocenters. The number of carbonyl (C=O) groups is 3. The Kier molecular flexibility index (Phi) is 5.56. The first kappa shape index (κ1) is 24.0. The van der Waals surface area contributed by atoms with Crippen molar-refractivity contribution in [2.24, 2.45) is 0 Å². The van der Waals surface area contributed by atoms with Gasteiger partial charge in [0.15, 0.2) is 14.6 Å². The molecule has 1 aromatic rings. The number of esters is 1. The number of nitrogens with zero attached hydrogens (tertiary/aromatic N) is 2. The molecule has 1 N–H and O–H groups in total. The van der Waals surface area contributed by atoms with E-state index in [9.17, 15) is 27.6 Å². The number of sulfone groups is 1. The number of hydrogen-bond donors (Lipinski definition) is 1. The third-order valence-electron chi connectivity index (χ3n) is 5.92. The summed E-state index contributed by atoms with van der Waals surface area (Å²) in [6, 6.07) is 2.34. The summed E-state index contributed by atoms with van der Waals surface area (Å²) < 4.78 is 30.4. The zero-order valence-corrected chi connectivity index (χ0v) is 19.6. The molecule has 2 aliphatic rings. The van der Waals surface area contributed by atoms with Gasteiger partial charge in [0, 0.05) is 19.6 Å². The van der Waals surface area contributed by atoms with E-state index in [-0.39, 0.29) is 25.3 Å². The molecule has 1 saturated carbocycles. The molecule has 176 valence electrons. The van der Waals surface area contributed by atoms with Gasteiger partial charge in [0.1, 0.15) is 16.9 Å². The molecule has 1 amide bonds. The van der Waals surface area contributed by atoms with Gasteiger partial charge in [-0.05, 0) is 59.6 Å². The average molecular weight is 469 g/mol. The number of amides is 1. The Hall–Kier alpha value is -2.69. The van der Waals surface area contributed by atoms with E-state index in [1.54, 1.807) is 20.8 Å². The summed E-state index contributed by atoms with van der Waals surface area (Å²) >= 11 is 0. The molecular formula is C21H28N2O8S. The van der Waals surface area contributed by atoms with Crippen LogP contribution in [0.4, 0.5) is 0 Å². The van der Waals surface area contributed by atoms with Crippen molar-refractivity contribution < 1.29 is 32.6 Å². The Balaban J connectivity index is 1.87. The van der Waals surface area contributed by atoms with Gasteiger partial charge in [-0.15, -0.1) is 0 Å². The highest BCUT2D eigenvalue weighted by molar-refractivity contribution is 7.95. The second-order valence-electron chi connectivity index (χ2n) is 9.82. The van der Waals surface area contributed by atoms with Crippen LogP contribution in [0.3, 0.4) is 0 Å². The van der Waals surface area contributed by atoms with Gasteiger partial charge >= 0.3 is 11.9 Å². The molecule has 32 heavy (non-hydrogen) atoms. The Morgan fingerprint density at radius 3 is 2.19 bits per heavy atom. The molecule has 0 spiro atoms. The van der Waals surface area contributed by atoms with E-state index in [4.69, 9.17) is 9.84 Å². The second kappa shape index (κ2) is 7.43. The molecule has 1 fully saturated rings. The van der Waals surface area contributed by atoms with Gasteiger partial charge in [-0.1, -0.05) is 0 Å². The van der Waals surface area contributed by atoms with Gasteiger partial charge in [-0.3, -0.25) is 14.4 Å². The summed E-state index contributed by atoms with van der Waals surface area (Å²) in [4.78, 5) is 50.5. The Morgan fingerprint density at radius 2 is 1.69 bits per heavy atom. The van der Waals surface area contributed by atoms with E-state index in [0.29, 0.717) is 12.8 Å². The highest BCUT2D eigenvalue weighted by atomic mass is 32.2. The molecule has 1 aromatic heterocycles. The van der Waals surface area contributed by atoms with E-state index >= 15 is 0 Å². The first-order chi connectivity index (χ1) is 14.5. The molecule has 0 atom stereocenters. The van der Waals surface area contributed by atoms with Crippen molar-refractivity contribution in [3.8, 4) is 0 Å². The molecule has 3 rings (SSSR count). The van der Waals surface area contributed by atoms with Crippen LogP contribution < -0.4 is 5.56 Å². The fraction of sp³-hybridized carbons (Fsp3) is 0.619. The minimum absolute atomic E-state index is 0.00542. The molecule has 2 heterocycles. The quantitative estimate of drug-likeness (QED) is 0.612. The molecule has 11 heteroatoms. The largest absolute Gasteiger partial charge is 0.477 e. The monoisotopic (exact) mass is 468 g/mol. The molecular weight excluding hydrogens is 440 g/mol. The van der Waals surface area contributed by atoms with Gasteiger partial charge in [0.05, 0.1) is 4.75 Å². The first-order valence-corrected chi connectivity index (χ1v) is 11.8. The third-order valence-corrected chi connectivity index (χ3v) is 9.11. The summed E-state index contributed by atoms with van der Waals surface area (Å²) in [5.41, 5.74) is -2.06. The summed E-state index contributed by atoms with van der Waals surface area (Å²) in [5.74, 6) is -2.78. The van der Waals surface area contributed by atoms with E-state index in [1.807, 2.05) is 0 Å². The van der Waals surface area contributed by atoms with Crippen molar-refractivity contribution in [3.05, 3.63) is 33.7 Å². The maximum atomic E-state index is 13.5. The number of aromatic nitrogens is 1. The van der Waals surface area contributed by atoms with Crippen LogP contribution in [0.1, 0.15) is 68.3 Å². The summed E-state index contributed by atoms with van der Waals surface area (Å²) in [6.07, 6.45) is 0.603. The van der Waals surface area contributed by atoms with E-state index in [2.05, 4.69) is 0 Å². The van der Waals surface area contributed by atoms with Gasteiger partial charge in [0.2, 0.25) is 0 Å². The zero-order valence-electron chi connectivity index (χ0n) is 18.8. The van der Waals surface area contributed by atoms with Crippen LogP contribution in [0.25, 0.3) is 0 Å². The number of pyridine rings is 1. The van der Waals surface area contributed by atoms with E-state index in [0.717, 1.165) is 10.6 Å². The normalized spacial score (nSPS) is 18.2. The average Bonchev–Trinajstić information content (AvgIpc) is 3.44. The number of hydrogen-bond acceptors (Lipinski definition) is 7. The lowest BCUT2D eigenvalue weighted by atomic mass is 10.1. The molecule has 0 aromatic carbocycles. The number of rotatable bonds is 6. The minimum atomic E-state index is -4.04. The Labute approximate surface area is 186 Å². The van der Waals surface area contributed by atoms with Crippen molar-refractivity contribution >= 4 is 27.7 Å². The van der Waals surface area contributed by atoms with E-state index in [1.165, 1.54) is 24.8 Å². The molecule has 1 aliphatic heterocycles. The molecule has 0 bridgehead atoms.